The Morgan fingerprint density at radius 3 is 1.08 bits per heavy atom. The molecular weight excluding hydrogens is 737 g/mol. The molecular formula is C60H36O. The summed E-state index contributed by atoms with van der Waals surface area (Å²) >= 11 is 0. The van der Waals surface area contributed by atoms with Crippen LogP contribution >= 0.6 is 0 Å². The summed E-state index contributed by atoms with van der Waals surface area (Å²) in [6.07, 6.45) is 0. The molecule has 0 atom stereocenters. The SMILES string of the molecule is c1ccc2c(c1)Oc1cc(-c3ccc(-c4ccc5c(c4)C4(c6ccccc6-c6ccccc64)c4ccccc4-5)c4ccccc34)ccc1C21c2ccccc2-c2ccccc21. The van der Waals surface area contributed by atoms with Gasteiger partial charge in [-0.3, -0.25) is 0 Å². The second-order valence-corrected chi connectivity index (χ2v) is 17.0. The second-order valence-electron chi connectivity index (χ2n) is 17.0. The smallest absolute Gasteiger partial charge is 0.132 e. The highest BCUT2D eigenvalue weighted by Gasteiger charge is 2.52. The van der Waals surface area contributed by atoms with Crippen LogP contribution in [-0.2, 0) is 10.8 Å². The molecule has 0 unspecified atom stereocenters. The minimum Gasteiger partial charge on any atom is -0.457 e. The van der Waals surface area contributed by atoms with E-state index in [1.807, 2.05) is 0 Å². The third-order valence-corrected chi connectivity index (χ3v) is 14.4. The molecule has 1 aliphatic heterocycles. The van der Waals surface area contributed by atoms with E-state index < -0.39 is 5.41 Å². The molecule has 1 heterocycles. The fraction of sp³-hybridized carbons (Fsp3) is 0.0333. The minimum atomic E-state index is -0.479. The van der Waals surface area contributed by atoms with E-state index in [0.29, 0.717) is 0 Å². The Morgan fingerprint density at radius 2 is 0.574 bits per heavy atom. The first kappa shape index (κ1) is 33.1. The average molecular weight is 773 g/mol. The second kappa shape index (κ2) is 11.9. The van der Waals surface area contributed by atoms with E-state index in [9.17, 15) is 0 Å². The van der Waals surface area contributed by atoms with Crippen LogP contribution in [0.2, 0.25) is 0 Å². The number of hydrogen-bond acceptors (Lipinski definition) is 1. The number of fused-ring (bicyclic) bond motifs is 20. The van der Waals surface area contributed by atoms with Crippen LogP contribution in [0.5, 0.6) is 11.5 Å². The van der Waals surface area contributed by atoms with Gasteiger partial charge < -0.3 is 4.74 Å². The molecule has 1 heteroatoms. The summed E-state index contributed by atoms with van der Waals surface area (Å²) in [6, 6.07) is 81.3. The van der Waals surface area contributed by atoms with Crippen molar-refractivity contribution in [3.63, 3.8) is 0 Å². The molecule has 0 fully saturated rings. The highest BCUT2D eigenvalue weighted by Crippen LogP contribution is 2.64. The Balaban J connectivity index is 0.951. The Morgan fingerprint density at radius 1 is 0.230 bits per heavy atom. The molecule has 0 saturated carbocycles. The van der Waals surface area contributed by atoms with Crippen LogP contribution in [-0.4, -0.2) is 0 Å². The number of para-hydroxylation sites is 1. The van der Waals surface area contributed by atoms with Crippen molar-refractivity contribution in [2.75, 3.05) is 0 Å². The standard InChI is InChI=1S/C60H36O/c1-2-16-42-40(38-30-34-55-58(36-38)61-57-28-14-13-27-54(57)60(55)52-25-11-5-19-45(52)46-20-6-12-26-53(46)60)33-32-39(41(42)15-1)37-29-31-48-47-21-7-10-24-51(47)59(56(48)35-37)49-22-8-3-17-43(49)44-18-4-9-23-50(44)59/h1-36H. The lowest BCUT2D eigenvalue weighted by Gasteiger charge is -2.39. The molecule has 10 aromatic rings. The Hall–Kier alpha value is -7.74. The summed E-state index contributed by atoms with van der Waals surface area (Å²) in [4.78, 5) is 0. The lowest BCUT2D eigenvalue weighted by molar-refractivity contribution is 0.436. The molecule has 0 bridgehead atoms. The van der Waals surface area contributed by atoms with Gasteiger partial charge in [0.1, 0.15) is 11.5 Å². The first-order valence-corrected chi connectivity index (χ1v) is 21.3. The summed E-state index contributed by atoms with van der Waals surface area (Å²) in [5, 5.41) is 2.45. The Labute approximate surface area is 354 Å². The normalized spacial score (nSPS) is 14.6. The highest BCUT2D eigenvalue weighted by atomic mass is 16.5. The maximum absolute atomic E-state index is 6.93. The van der Waals surface area contributed by atoms with Crippen molar-refractivity contribution in [1.82, 2.24) is 0 Å². The van der Waals surface area contributed by atoms with Crippen LogP contribution in [0, 0.1) is 0 Å². The van der Waals surface area contributed by atoms with Crippen molar-refractivity contribution in [3.8, 4) is 67.1 Å². The Bertz CT molecular complexity index is 3420. The van der Waals surface area contributed by atoms with E-state index in [2.05, 4.69) is 218 Å². The Kier molecular flexibility index (Phi) is 6.48. The molecule has 14 rings (SSSR count). The van der Waals surface area contributed by atoms with Crippen LogP contribution in [0.1, 0.15) is 44.5 Å². The molecule has 10 aromatic carbocycles. The van der Waals surface area contributed by atoms with E-state index in [0.717, 1.165) is 17.1 Å². The number of hydrogen-bond donors (Lipinski definition) is 0. The van der Waals surface area contributed by atoms with Crippen molar-refractivity contribution >= 4 is 10.8 Å². The molecule has 61 heavy (non-hydrogen) atoms. The van der Waals surface area contributed by atoms with Gasteiger partial charge >= 0.3 is 0 Å². The largest absolute Gasteiger partial charge is 0.457 e. The van der Waals surface area contributed by atoms with E-state index in [4.69, 9.17) is 4.74 Å². The van der Waals surface area contributed by atoms with Crippen molar-refractivity contribution < 1.29 is 4.74 Å². The van der Waals surface area contributed by atoms with Gasteiger partial charge in [0.2, 0.25) is 0 Å². The van der Waals surface area contributed by atoms with Gasteiger partial charge in [0.15, 0.2) is 0 Å². The van der Waals surface area contributed by atoms with Gasteiger partial charge in [0.25, 0.3) is 0 Å². The molecule has 1 nitrogen and oxygen atoms in total. The molecule has 282 valence electrons. The van der Waals surface area contributed by atoms with Gasteiger partial charge in [-0.05, 0) is 118 Å². The maximum atomic E-state index is 6.93. The minimum absolute atomic E-state index is 0.385. The van der Waals surface area contributed by atoms with Crippen molar-refractivity contribution in [2.45, 2.75) is 10.8 Å². The summed E-state index contributed by atoms with van der Waals surface area (Å²) < 4.78 is 6.93. The van der Waals surface area contributed by atoms with Gasteiger partial charge in [0.05, 0.1) is 10.8 Å². The van der Waals surface area contributed by atoms with Crippen LogP contribution in [0.3, 0.4) is 0 Å². The summed E-state index contributed by atoms with van der Waals surface area (Å²) in [5.74, 6) is 1.80. The maximum Gasteiger partial charge on any atom is 0.132 e. The summed E-state index contributed by atoms with van der Waals surface area (Å²) in [5.41, 5.74) is 22.2. The van der Waals surface area contributed by atoms with Gasteiger partial charge in [-0.25, -0.2) is 0 Å². The number of ether oxygens (including phenoxy) is 1. The lowest BCUT2D eigenvalue weighted by atomic mass is 9.66. The zero-order chi connectivity index (χ0) is 39.9. The first-order chi connectivity index (χ1) is 30.3. The third kappa shape index (κ3) is 4.06. The van der Waals surface area contributed by atoms with E-state index in [1.165, 1.54) is 105 Å². The fourth-order valence-electron chi connectivity index (χ4n) is 12.1. The van der Waals surface area contributed by atoms with E-state index in [-0.39, 0.29) is 5.41 Å². The third-order valence-electron chi connectivity index (χ3n) is 14.4. The molecule has 3 aliphatic carbocycles. The lowest BCUT2D eigenvalue weighted by Crippen LogP contribution is -2.32. The molecule has 2 spiro atoms. The monoisotopic (exact) mass is 772 g/mol. The molecule has 4 aliphatic rings. The molecule has 0 saturated heterocycles. The fourth-order valence-corrected chi connectivity index (χ4v) is 12.1. The molecule has 0 aromatic heterocycles. The first-order valence-electron chi connectivity index (χ1n) is 21.3. The number of benzene rings is 10. The van der Waals surface area contributed by atoms with Crippen molar-refractivity contribution in [3.05, 3.63) is 263 Å². The molecule has 0 N–H and O–H groups in total. The summed E-state index contributed by atoms with van der Waals surface area (Å²) in [6.45, 7) is 0. The molecule has 0 amide bonds. The predicted octanol–water partition coefficient (Wildman–Crippen LogP) is 15.0. The van der Waals surface area contributed by atoms with Crippen molar-refractivity contribution in [1.29, 1.82) is 0 Å². The molecule has 0 radical (unpaired) electrons. The van der Waals surface area contributed by atoms with Gasteiger partial charge in [0, 0.05) is 11.1 Å². The van der Waals surface area contributed by atoms with Gasteiger partial charge in [-0.1, -0.05) is 200 Å². The zero-order valence-corrected chi connectivity index (χ0v) is 33.2. The topological polar surface area (TPSA) is 9.23 Å². The summed E-state index contributed by atoms with van der Waals surface area (Å²) in [7, 11) is 0. The van der Waals surface area contributed by atoms with Crippen molar-refractivity contribution in [2.24, 2.45) is 0 Å². The zero-order valence-electron chi connectivity index (χ0n) is 33.2. The van der Waals surface area contributed by atoms with E-state index in [1.54, 1.807) is 0 Å². The van der Waals surface area contributed by atoms with Gasteiger partial charge in [-0.15, -0.1) is 0 Å². The van der Waals surface area contributed by atoms with E-state index >= 15 is 0 Å². The average Bonchev–Trinajstić information content (AvgIpc) is 3.91. The van der Waals surface area contributed by atoms with Crippen LogP contribution < -0.4 is 4.74 Å². The van der Waals surface area contributed by atoms with Crippen LogP contribution in [0.15, 0.2) is 218 Å². The highest BCUT2D eigenvalue weighted by molar-refractivity contribution is 6.06. The predicted molar refractivity (Wildman–Crippen MR) is 248 cm³/mol. The van der Waals surface area contributed by atoms with Crippen LogP contribution in [0.4, 0.5) is 0 Å². The van der Waals surface area contributed by atoms with Crippen LogP contribution in [0.25, 0.3) is 66.4 Å². The quantitative estimate of drug-likeness (QED) is 0.170. The van der Waals surface area contributed by atoms with Gasteiger partial charge in [-0.2, -0.15) is 0 Å². The number of rotatable bonds is 2.